The third-order valence-electron chi connectivity index (χ3n) is 3.72. The lowest BCUT2D eigenvalue weighted by Crippen LogP contribution is -2.08. The quantitative estimate of drug-likeness (QED) is 0.910. The fourth-order valence-corrected chi connectivity index (χ4v) is 3.07. The third-order valence-corrected chi connectivity index (χ3v) is 4.34. The maximum absolute atomic E-state index is 5.88. The minimum absolute atomic E-state index is 0.601. The maximum Gasteiger partial charge on any atom is 0.134 e. The van der Waals surface area contributed by atoms with Crippen LogP contribution in [0.3, 0.4) is 0 Å². The molecule has 1 unspecified atom stereocenters. The van der Waals surface area contributed by atoms with Crippen molar-refractivity contribution in [3.63, 3.8) is 0 Å². The van der Waals surface area contributed by atoms with E-state index in [9.17, 15) is 0 Å². The van der Waals surface area contributed by atoms with Gasteiger partial charge in [0, 0.05) is 6.54 Å². The highest BCUT2D eigenvalue weighted by atomic mass is 79.9. The second-order valence-corrected chi connectivity index (χ2v) is 6.01. The van der Waals surface area contributed by atoms with Gasteiger partial charge in [-0.1, -0.05) is 36.4 Å². The van der Waals surface area contributed by atoms with E-state index in [1.807, 2.05) is 18.2 Å². The Hall–Kier alpha value is -1.32. The molecule has 0 spiro atoms. The van der Waals surface area contributed by atoms with E-state index in [1.54, 1.807) is 0 Å². The standard InChI is InChI=1S/C17H18BrNO/c18-16-10-14(15-8-9-19-11-15)6-7-17(16)20-12-13-4-2-1-3-5-13/h1-7,10,15,19H,8-9,11-12H2. The molecule has 2 nitrogen and oxygen atoms in total. The van der Waals surface area contributed by atoms with E-state index in [-0.39, 0.29) is 0 Å². The molecule has 1 heterocycles. The van der Waals surface area contributed by atoms with Gasteiger partial charge >= 0.3 is 0 Å². The van der Waals surface area contributed by atoms with Crippen LogP contribution in [0.4, 0.5) is 0 Å². The fraction of sp³-hybridized carbons (Fsp3) is 0.294. The van der Waals surface area contributed by atoms with E-state index in [0.717, 1.165) is 23.3 Å². The van der Waals surface area contributed by atoms with Gasteiger partial charge in [-0.2, -0.15) is 0 Å². The van der Waals surface area contributed by atoms with Gasteiger partial charge in [0.25, 0.3) is 0 Å². The lowest BCUT2D eigenvalue weighted by atomic mass is 9.98. The number of nitrogens with one attached hydrogen (secondary N) is 1. The van der Waals surface area contributed by atoms with Gasteiger partial charge in [-0.25, -0.2) is 0 Å². The van der Waals surface area contributed by atoms with Gasteiger partial charge in [0.2, 0.25) is 0 Å². The molecule has 104 valence electrons. The Kier molecular flexibility index (Phi) is 4.38. The Bertz CT molecular complexity index is 564. The second kappa shape index (κ2) is 6.42. The topological polar surface area (TPSA) is 21.3 Å². The summed E-state index contributed by atoms with van der Waals surface area (Å²) in [5, 5.41) is 3.40. The molecule has 1 atom stereocenters. The van der Waals surface area contributed by atoms with Crippen LogP contribution in [0.25, 0.3) is 0 Å². The fourth-order valence-electron chi connectivity index (χ4n) is 2.56. The van der Waals surface area contributed by atoms with Crippen molar-refractivity contribution < 1.29 is 4.74 Å². The summed E-state index contributed by atoms with van der Waals surface area (Å²) < 4.78 is 6.92. The van der Waals surface area contributed by atoms with E-state index < -0.39 is 0 Å². The van der Waals surface area contributed by atoms with Crippen LogP contribution in [0.2, 0.25) is 0 Å². The van der Waals surface area contributed by atoms with Crippen LogP contribution in [-0.4, -0.2) is 13.1 Å². The molecule has 0 aromatic heterocycles. The molecule has 1 saturated heterocycles. The molecule has 0 bridgehead atoms. The van der Waals surface area contributed by atoms with Gasteiger partial charge in [-0.15, -0.1) is 0 Å². The van der Waals surface area contributed by atoms with E-state index in [1.165, 1.54) is 17.5 Å². The smallest absolute Gasteiger partial charge is 0.134 e. The van der Waals surface area contributed by atoms with Crippen LogP contribution in [-0.2, 0) is 6.61 Å². The lowest BCUT2D eigenvalue weighted by Gasteiger charge is -2.13. The Labute approximate surface area is 128 Å². The Morgan fingerprint density at radius 1 is 1.15 bits per heavy atom. The number of hydrogen-bond donors (Lipinski definition) is 1. The molecule has 1 fully saturated rings. The number of rotatable bonds is 4. The third kappa shape index (κ3) is 3.22. The summed E-state index contributed by atoms with van der Waals surface area (Å²) in [7, 11) is 0. The average molecular weight is 332 g/mol. The summed E-state index contributed by atoms with van der Waals surface area (Å²) in [4.78, 5) is 0. The molecule has 20 heavy (non-hydrogen) atoms. The van der Waals surface area contributed by atoms with Gasteiger partial charge in [-0.3, -0.25) is 0 Å². The molecule has 0 radical (unpaired) electrons. The maximum atomic E-state index is 5.88. The first-order chi connectivity index (χ1) is 9.83. The molecule has 2 aromatic rings. The number of halogens is 1. The van der Waals surface area contributed by atoms with Gasteiger partial charge in [0.1, 0.15) is 12.4 Å². The zero-order valence-electron chi connectivity index (χ0n) is 11.3. The zero-order valence-corrected chi connectivity index (χ0v) is 12.9. The van der Waals surface area contributed by atoms with Crippen LogP contribution in [0.15, 0.2) is 53.0 Å². The van der Waals surface area contributed by atoms with Crippen molar-refractivity contribution in [1.29, 1.82) is 0 Å². The Morgan fingerprint density at radius 3 is 2.70 bits per heavy atom. The largest absolute Gasteiger partial charge is 0.488 e. The summed E-state index contributed by atoms with van der Waals surface area (Å²) in [6, 6.07) is 16.7. The molecule has 2 aromatic carbocycles. The minimum Gasteiger partial charge on any atom is -0.488 e. The normalized spacial score (nSPS) is 18.1. The minimum atomic E-state index is 0.601. The summed E-state index contributed by atoms with van der Waals surface area (Å²) >= 11 is 3.62. The van der Waals surface area contributed by atoms with Crippen molar-refractivity contribution in [1.82, 2.24) is 5.32 Å². The van der Waals surface area contributed by atoms with E-state index in [2.05, 4.69) is 51.6 Å². The van der Waals surface area contributed by atoms with Crippen LogP contribution >= 0.6 is 15.9 Å². The zero-order chi connectivity index (χ0) is 13.8. The predicted molar refractivity (Wildman–Crippen MR) is 85.1 cm³/mol. The molecule has 3 rings (SSSR count). The first-order valence-corrected chi connectivity index (χ1v) is 7.79. The van der Waals surface area contributed by atoms with E-state index in [4.69, 9.17) is 4.74 Å². The highest BCUT2D eigenvalue weighted by Gasteiger charge is 2.17. The number of hydrogen-bond acceptors (Lipinski definition) is 2. The molecule has 0 amide bonds. The predicted octanol–water partition coefficient (Wildman–Crippen LogP) is 4.11. The van der Waals surface area contributed by atoms with Crippen molar-refractivity contribution in [3.05, 3.63) is 64.1 Å². The Morgan fingerprint density at radius 2 is 2.00 bits per heavy atom. The van der Waals surface area contributed by atoms with Crippen molar-refractivity contribution in [2.75, 3.05) is 13.1 Å². The molecule has 0 saturated carbocycles. The van der Waals surface area contributed by atoms with Gasteiger partial charge < -0.3 is 10.1 Å². The van der Waals surface area contributed by atoms with Crippen LogP contribution < -0.4 is 10.1 Å². The lowest BCUT2D eigenvalue weighted by molar-refractivity contribution is 0.304. The van der Waals surface area contributed by atoms with Crippen molar-refractivity contribution in [2.24, 2.45) is 0 Å². The summed E-state index contributed by atoms with van der Waals surface area (Å²) in [5.41, 5.74) is 2.57. The van der Waals surface area contributed by atoms with Crippen molar-refractivity contribution in [2.45, 2.75) is 18.9 Å². The van der Waals surface area contributed by atoms with E-state index >= 15 is 0 Å². The highest BCUT2D eigenvalue weighted by molar-refractivity contribution is 9.10. The molecule has 1 aliphatic heterocycles. The molecule has 1 N–H and O–H groups in total. The SMILES string of the molecule is Brc1cc(C2CCNC2)ccc1OCc1ccccc1. The molecule has 0 aliphatic carbocycles. The monoisotopic (exact) mass is 331 g/mol. The highest BCUT2D eigenvalue weighted by Crippen LogP contribution is 2.31. The van der Waals surface area contributed by atoms with Crippen molar-refractivity contribution >= 4 is 15.9 Å². The summed E-state index contributed by atoms with van der Waals surface area (Å²) in [6.07, 6.45) is 1.22. The molecule has 3 heteroatoms. The molecular formula is C17H18BrNO. The van der Waals surface area contributed by atoms with Crippen molar-refractivity contribution in [3.8, 4) is 5.75 Å². The summed E-state index contributed by atoms with van der Waals surface area (Å²) in [6.45, 7) is 2.80. The number of ether oxygens (including phenoxy) is 1. The Balaban J connectivity index is 1.68. The van der Waals surface area contributed by atoms with Crippen LogP contribution in [0.1, 0.15) is 23.5 Å². The van der Waals surface area contributed by atoms with Crippen LogP contribution in [0.5, 0.6) is 5.75 Å². The second-order valence-electron chi connectivity index (χ2n) is 5.15. The van der Waals surface area contributed by atoms with Gasteiger partial charge in [-0.05, 0) is 58.1 Å². The van der Waals surface area contributed by atoms with E-state index in [0.29, 0.717) is 12.5 Å². The van der Waals surface area contributed by atoms with Gasteiger partial charge in [0.15, 0.2) is 0 Å². The average Bonchev–Trinajstić information content (AvgIpc) is 3.01. The van der Waals surface area contributed by atoms with Crippen LogP contribution in [0, 0.1) is 0 Å². The summed E-state index contributed by atoms with van der Waals surface area (Å²) in [5.74, 6) is 1.54. The molecular weight excluding hydrogens is 314 g/mol. The van der Waals surface area contributed by atoms with Gasteiger partial charge in [0.05, 0.1) is 4.47 Å². The number of benzene rings is 2. The molecule has 1 aliphatic rings. The first-order valence-electron chi connectivity index (χ1n) is 7.00. The first kappa shape index (κ1) is 13.7.